The fraction of sp³-hybridized carbons (Fsp3) is 0.500. The molecule has 23 heavy (non-hydrogen) atoms. The molecular formula is C14H15F3N4O2. The van der Waals surface area contributed by atoms with Crippen LogP contribution in [0.1, 0.15) is 36.0 Å². The van der Waals surface area contributed by atoms with Crippen LogP contribution in [0.2, 0.25) is 0 Å². The number of rotatable bonds is 3. The van der Waals surface area contributed by atoms with Crippen molar-refractivity contribution in [3.63, 3.8) is 0 Å². The lowest BCUT2D eigenvalue weighted by Crippen LogP contribution is -2.33. The molecule has 124 valence electrons. The second kappa shape index (κ2) is 5.71. The SMILES string of the molecule is Cc1cc([C@@H]2CCCN2C(=O)Cn2ccc(C(F)(F)F)n2)no1. The Balaban J connectivity index is 1.71. The number of likely N-dealkylation sites (tertiary alicyclic amines) is 1. The average molecular weight is 328 g/mol. The van der Waals surface area contributed by atoms with Gasteiger partial charge in [-0.15, -0.1) is 0 Å². The van der Waals surface area contributed by atoms with Gasteiger partial charge in [0.15, 0.2) is 5.69 Å². The van der Waals surface area contributed by atoms with Gasteiger partial charge in [0, 0.05) is 18.8 Å². The lowest BCUT2D eigenvalue weighted by atomic mass is 10.1. The third-order valence-corrected chi connectivity index (χ3v) is 3.79. The van der Waals surface area contributed by atoms with Gasteiger partial charge in [-0.25, -0.2) is 0 Å². The summed E-state index contributed by atoms with van der Waals surface area (Å²) >= 11 is 0. The molecule has 0 unspecified atom stereocenters. The van der Waals surface area contributed by atoms with Crippen LogP contribution in [0.3, 0.4) is 0 Å². The predicted octanol–water partition coefficient (Wildman–Crippen LogP) is 2.56. The zero-order valence-corrected chi connectivity index (χ0v) is 12.4. The van der Waals surface area contributed by atoms with Crippen LogP contribution in [0.15, 0.2) is 22.9 Å². The van der Waals surface area contributed by atoms with E-state index in [0.717, 1.165) is 29.8 Å². The van der Waals surface area contributed by atoms with Crippen LogP contribution >= 0.6 is 0 Å². The fourth-order valence-corrected chi connectivity index (χ4v) is 2.75. The minimum absolute atomic E-state index is 0.197. The first-order valence-electron chi connectivity index (χ1n) is 7.18. The Morgan fingerprint density at radius 2 is 2.26 bits per heavy atom. The van der Waals surface area contributed by atoms with Crippen molar-refractivity contribution in [2.45, 2.75) is 38.5 Å². The largest absolute Gasteiger partial charge is 0.435 e. The molecule has 2 aromatic rings. The lowest BCUT2D eigenvalue weighted by molar-refractivity contribution is -0.142. The standard InChI is InChI=1S/C14H15F3N4O2/c1-9-7-10(19-23-9)11-3-2-5-21(11)13(22)8-20-6-4-12(18-20)14(15,16)17/h4,6-7,11H,2-3,5,8H2,1H3/t11-/m0/s1. The van der Waals surface area contributed by atoms with E-state index in [1.807, 2.05) is 0 Å². The Kier molecular flexibility index (Phi) is 3.87. The van der Waals surface area contributed by atoms with Gasteiger partial charge in [-0.1, -0.05) is 5.16 Å². The highest BCUT2D eigenvalue weighted by molar-refractivity contribution is 5.76. The second-order valence-corrected chi connectivity index (χ2v) is 5.50. The topological polar surface area (TPSA) is 64.2 Å². The van der Waals surface area contributed by atoms with Gasteiger partial charge in [0.25, 0.3) is 0 Å². The molecule has 3 heterocycles. The molecule has 0 bridgehead atoms. The highest BCUT2D eigenvalue weighted by Gasteiger charge is 2.35. The quantitative estimate of drug-likeness (QED) is 0.869. The van der Waals surface area contributed by atoms with E-state index < -0.39 is 11.9 Å². The zero-order chi connectivity index (χ0) is 16.6. The summed E-state index contributed by atoms with van der Waals surface area (Å²) in [5.74, 6) is 0.367. The molecule has 1 atom stereocenters. The molecule has 0 N–H and O–H groups in total. The molecule has 9 heteroatoms. The van der Waals surface area contributed by atoms with Crippen molar-refractivity contribution in [2.75, 3.05) is 6.54 Å². The Hall–Kier alpha value is -2.32. The minimum Gasteiger partial charge on any atom is -0.361 e. The van der Waals surface area contributed by atoms with Crippen LogP contribution in [0.4, 0.5) is 13.2 Å². The summed E-state index contributed by atoms with van der Waals surface area (Å²) in [6.45, 7) is 2.08. The van der Waals surface area contributed by atoms with Gasteiger partial charge in [0.1, 0.15) is 18.0 Å². The highest BCUT2D eigenvalue weighted by Crippen LogP contribution is 2.32. The van der Waals surface area contributed by atoms with Gasteiger partial charge >= 0.3 is 6.18 Å². The normalized spacial score (nSPS) is 18.6. The molecule has 1 aliphatic rings. The number of halogens is 3. The summed E-state index contributed by atoms with van der Waals surface area (Å²) in [5, 5.41) is 7.34. The molecule has 1 aliphatic heterocycles. The van der Waals surface area contributed by atoms with Gasteiger partial charge in [-0.05, 0) is 25.8 Å². The summed E-state index contributed by atoms with van der Waals surface area (Å²) < 4.78 is 43.6. The van der Waals surface area contributed by atoms with E-state index in [-0.39, 0.29) is 18.5 Å². The van der Waals surface area contributed by atoms with E-state index in [1.165, 1.54) is 0 Å². The van der Waals surface area contributed by atoms with E-state index in [9.17, 15) is 18.0 Å². The third kappa shape index (κ3) is 3.22. The summed E-state index contributed by atoms with van der Waals surface area (Å²) in [7, 11) is 0. The number of aromatic nitrogens is 3. The number of aryl methyl sites for hydroxylation is 1. The number of hydrogen-bond donors (Lipinski definition) is 0. The van der Waals surface area contributed by atoms with E-state index in [4.69, 9.17) is 4.52 Å². The summed E-state index contributed by atoms with van der Waals surface area (Å²) in [6.07, 6.45) is -1.78. The van der Waals surface area contributed by atoms with Crippen LogP contribution in [-0.4, -0.2) is 32.3 Å². The van der Waals surface area contributed by atoms with Crippen molar-refractivity contribution in [1.82, 2.24) is 19.8 Å². The smallest absolute Gasteiger partial charge is 0.361 e. The molecule has 2 aromatic heterocycles. The van der Waals surface area contributed by atoms with Gasteiger partial charge in [-0.3, -0.25) is 9.48 Å². The molecule has 0 aromatic carbocycles. The van der Waals surface area contributed by atoms with Gasteiger partial charge in [0.2, 0.25) is 5.91 Å². The molecule has 1 fully saturated rings. The Bertz CT molecular complexity index is 707. The monoisotopic (exact) mass is 328 g/mol. The predicted molar refractivity (Wildman–Crippen MR) is 72.2 cm³/mol. The number of alkyl halides is 3. The Labute approximate surface area is 129 Å². The second-order valence-electron chi connectivity index (χ2n) is 5.50. The molecule has 0 aliphatic carbocycles. The molecule has 1 saturated heterocycles. The van der Waals surface area contributed by atoms with Crippen LogP contribution in [-0.2, 0) is 17.5 Å². The zero-order valence-electron chi connectivity index (χ0n) is 12.4. The molecule has 0 saturated carbocycles. The Morgan fingerprint density at radius 3 is 2.87 bits per heavy atom. The number of carbonyl (C=O) groups excluding carboxylic acids is 1. The van der Waals surface area contributed by atoms with E-state index in [0.29, 0.717) is 18.0 Å². The summed E-state index contributed by atoms with van der Waals surface area (Å²) in [5.41, 5.74) is -0.333. The fourth-order valence-electron chi connectivity index (χ4n) is 2.75. The first kappa shape index (κ1) is 15.6. The number of nitrogens with zero attached hydrogens (tertiary/aromatic N) is 4. The molecule has 0 radical (unpaired) electrons. The van der Waals surface area contributed by atoms with Gasteiger partial charge < -0.3 is 9.42 Å². The van der Waals surface area contributed by atoms with E-state index >= 15 is 0 Å². The maximum atomic E-state index is 12.5. The lowest BCUT2D eigenvalue weighted by Gasteiger charge is -2.22. The van der Waals surface area contributed by atoms with Gasteiger partial charge in [0.05, 0.1) is 6.04 Å². The molecular weight excluding hydrogens is 313 g/mol. The van der Waals surface area contributed by atoms with Crippen LogP contribution in [0.25, 0.3) is 0 Å². The van der Waals surface area contributed by atoms with Crippen molar-refractivity contribution in [3.05, 3.63) is 35.5 Å². The highest BCUT2D eigenvalue weighted by atomic mass is 19.4. The molecule has 6 nitrogen and oxygen atoms in total. The van der Waals surface area contributed by atoms with Crippen molar-refractivity contribution in [1.29, 1.82) is 0 Å². The van der Waals surface area contributed by atoms with Crippen LogP contribution in [0, 0.1) is 6.92 Å². The van der Waals surface area contributed by atoms with Crippen LogP contribution in [0.5, 0.6) is 0 Å². The summed E-state index contributed by atoms with van der Waals surface area (Å²) in [6, 6.07) is 2.43. The molecule has 0 spiro atoms. The van der Waals surface area contributed by atoms with Gasteiger partial charge in [-0.2, -0.15) is 18.3 Å². The third-order valence-electron chi connectivity index (χ3n) is 3.79. The first-order valence-corrected chi connectivity index (χ1v) is 7.18. The molecule has 3 rings (SSSR count). The number of carbonyl (C=O) groups is 1. The van der Waals surface area contributed by atoms with Crippen molar-refractivity contribution < 1.29 is 22.5 Å². The van der Waals surface area contributed by atoms with Crippen molar-refractivity contribution in [2.24, 2.45) is 0 Å². The minimum atomic E-state index is -4.51. The maximum Gasteiger partial charge on any atom is 0.435 e. The van der Waals surface area contributed by atoms with Crippen LogP contribution < -0.4 is 0 Å². The van der Waals surface area contributed by atoms with Crippen molar-refractivity contribution in [3.8, 4) is 0 Å². The summed E-state index contributed by atoms with van der Waals surface area (Å²) in [4.78, 5) is 14.0. The molecule has 1 amide bonds. The number of amides is 1. The van der Waals surface area contributed by atoms with Crippen molar-refractivity contribution >= 4 is 5.91 Å². The van der Waals surface area contributed by atoms with E-state index in [1.54, 1.807) is 17.9 Å². The Morgan fingerprint density at radius 1 is 1.48 bits per heavy atom. The maximum absolute atomic E-state index is 12.5. The average Bonchev–Trinajstić information content (AvgIpc) is 3.15. The number of hydrogen-bond acceptors (Lipinski definition) is 4. The van der Waals surface area contributed by atoms with E-state index in [2.05, 4.69) is 10.3 Å². The first-order chi connectivity index (χ1) is 10.8.